The Morgan fingerprint density at radius 2 is 2.00 bits per heavy atom. The second-order valence-electron chi connectivity index (χ2n) is 4.34. The molecule has 0 radical (unpaired) electrons. The van der Waals surface area contributed by atoms with Gasteiger partial charge in [-0.2, -0.15) is 10.4 Å². The van der Waals surface area contributed by atoms with Gasteiger partial charge in [0.1, 0.15) is 11.8 Å². The molecule has 0 atom stereocenters. The van der Waals surface area contributed by atoms with Crippen LogP contribution in [-0.2, 0) is 7.05 Å². The van der Waals surface area contributed by atoms with Gasteiger partial charge in [-0.1, -0.05) is 18.2 Å². The first-order chi connectivity index (χ1) is 9.13. The van der Waals surface area contributed by atoms with Crippen molar-refractivity contribution in [3.63, 3.8) is 0 Å². The molecule has 1 heterocycles. The van der Waals surface area contributed by atoms with Gasteiger partial charge in [0.25, 0.3) is 0 Å². The lowest BCUT2D eigenvalue weighted by Gasteiger charge is -2.11. The quantitative estimate of drug-likeness (QED) is 0.622. The fraction of sp³-hybridized carbons (Fsp3) is 0.200. The highest BCUT2D eigenvalue weighted by Gasteiger charge is 2.06. The lowest BCUT2D eigenvalue weighted by molar-refractivity contribution is 0.865. The third kappa shape index (κ3) is 2.66. The van der Waals surface area contributed by atoms with Crippen LogP contribution in [0.3, 0.4) is 0 Å². The maximum atomic E-state index is 8.99. The minimum Gasteiger partial charge on any atom is -0.339 e. The number of nitrogens with zero attached hydrogens (tertiary/aromatic N) is 4. The second-order valence-corrected chi connectivity index (χ2v) is 4.34. The fourth-order valence-corrected chi connectivity index (χ4v) is 1.82. The summed E-state index contributed by atoms with van der Waals surface area (Å²) in [5, 5.41) is 15.2. The normalized spacial score (nSPS) is 10.6. The molecule has 0 saturated carbocycles. The topological polar surface area (TPSA) is 44.3 Å². The molecule has 0 aliphatic rings. The molecule has 0 saturated heterocycles. The molecule has 1 aromatic carbocycles. The summed E-state index contributed by atoms with van der Waals surface area (Å²) < 4.78 is 1.86. The summed E-state index contributed by atoms with van der Waals surface area (Å²) in [6.45, 7) is 1.98. The van der Waals surface area contributed by atoms with Crippen LogP contribution in [0.1, 0.15) is 17.0 Å². The van der Waals surface area contributed by atoms with Crippen LogP contribution in [0.15, 0.2) is 41.5 Å². The minimum atomic E-state index is 0.640. The van der Waals surface area contributed by atoms with E-state index >= 15 is 0 Å². The smallest absolute Gasteiger partial charge is 0.120 e. The van der Waals surface area contributed by atoms with E-state index in [0.29, 0.717) is 5.69 Å². The van der Waals surface area contributed by atoms with E-state index in [1.165, 1.54) is 0 Å². The van der Waals surface area contributed by atoms with Gasteiger partial charge in [-0.05, 0) is 25.1 Å². The summed E-state index contributed by atoms with van der Waals surface area (Å²) in [4.78, 5) is 0. The number of rotatable bonds is 3. The van der Waals surface area contributed by atoms with Gasteiger partial charge in [-0.3, -0.25) is 5.01 Å². The number of aromatic nitrogens is 1. The average molecular weight is 252 g/mol. The summed E-state index contributed by atoms with van der Waals surface area (Å²) in [6.07, 6.45) is 1.78. The van der Waals surface area contributed by atoms with Crippen LogP contribution in [0.2, 0.25) is 0 Å². The van der Waals surface area contributed by atoms with Gasteiger partial charge in [0.05, 0.1) is 11.9 Å². The monoisotopic (exact) mass is 252 g/mol. The first-order valence-electron chi connectivity index (χ1n) is 6.02. The van der Waals surface area contributed by atoms with Crippen LogP contribution in [0.4, 0.5) is 5.69 Å². The summed E-state index contributed by atoms with van der Waals surface area (Å²) in [6, 6.07) is 13.9. The Morgan fingerprint density at radius 1 is 1.32 bits per heavy atom. The molecular weight excluding hydrogens is 236 g/mol. The molecule has 4 heteroatoms. The highest BCUT2D eigenvalue weighted by atomic mass is 15.4. The van der Waals surface area contributed by atoms with Crippen molar-refractivity contribution in [3.05, 3.63) is 53.3 Å². The molecule has 96 valence electrons. The highest BCUT2D eigenvalue weighted by Crippen LogP contribution is 2.13. The van der Waals surface area contributed by atoms with Gasteiger partial charge in [0, 0.05) is 25.4 Å². The van der Waals surface area contributed by atoms with Gasteiger partial charge < -0.3 is 4.57 Å². The van der Waals surface area contributed by atoms with Crippen molar-refractivity contribution in [1.82, 2.24) is 4.57 Å². The van der Waals surface area contributed by atoms with Crippen molar-refractivity contribution in [2.24, 2.45) is 12.1 Å². The third-order valence-electron chi connectivity index (χ3n) is 3.19. The molecule has 0 spiro atoms. The Bertz CT molecular complexity index is 632. The SMILES string of the molecule is Cc1c(/C=N\N(C)c2ccccc2)cc(C#N)n1C. The van der Waals surface area contributed by atoms with Gasteiger partial charge in [0.2, 0.25) is 0 Å². The number of hydrogen-bond donors (Lipinski definition) is 0. The number of hydrogen-bond acceptors (Lipinski definition) is 3. The van der Waals surface area contributed by atoms with E-state index in [4.69, 9.17) is 5.26 Å². The standard InChI is InChI=1S/C15H16N4/c1-12-13(9-15(10-16)18(12)2)11-17-19(3)14-7-5-4-6-8-14/h4-9,11H,1-3H3/b17-11-. The summed E-state index contributed by atoms with van der Waals surface area (Å²) >= 11 is 0. The Labute approximate surface area is 113 Å². The molecule has 0 aliphatic heterocycles. The lowest BCUT2D eigenvalue weighted by Crippen LogP contribution is -2.08. The van der Waals surface area contributed by atoms with Gasteiger partial charge in [-0.25, -0.2) is 0 Å². The molecule has 0 aliphatic carbocycles. The van der Waals surface area contributed by atoms with Crippen molar-refractivity contribution in [2.75, 3.05) is 12.1 Å². The van der Waals surface area contributed by atoms with Crippen LogP contribution >= 0.6 is 0 Å². The number of para-hydroxylation sites is 1. The van der Waals surface area contributed by atoms with Crippen molar-refractivity contribution in [2.45, 2.75) is 6.92 Å². The molecule has 0 fully saturated rings. The summed E-state index contributed by atoms with van der Waals surface area (Å²) in [7, 11) is 3.78. The average Bonchev–Trinajstić information content (AvgIpc) is 2.73. The van der Waals surface area contributed by atoms with E-state index in [-0.39, 0.29) is 0 Å². The van der Waals surface area contributed by atoms with Crippen LogP contribution in [0.25, 0.3) is 0 Å². The van der Waals surface area contributed by atoms with Crippen molar-refractivity contribution >= 4 is 11.9 Å². The molecule has 1 aromatic heterocycles. The van der Waals surface area contributed by atoms with Gasteiger partial charge in [-0.15, -0.1) is 0 Å². The fourth-order valence-electron chi connectivity index (χ4n) is 1.82. The Balaban J connectivity index is 2.22. The van der Waals surface area contributed by atoms with Crippen molar-refractivity contribution in [3.8, 4) is 6.07 Å². The zero-order chi connectivity index (χ0) is 13.8. The minimum absolute atomic E-state index is 0.640. The molecule has 0 unspecified atom stereocenters. The summed E-state index contributed by atoms with van der Waals surface area (Å²) in [5.74, 6) is 0. The largest absolute Gasteiger partial charge is 0.339 e. The van der Waals surface area contributed by atoms with Gasteiger partial charge >= 0.3 is 0 Å². The number of benzene rings is 1. The van der Waals surface area contributed by atoms with E-state index in [9.17, 15) is 0 Å². The second kappa shape index (κ2) is 5.40. The maximum absolute atomic E-state index is 8.99. The molecule has 2 aromatic rings. The molecule has 4 nitrogen and oxygen atoms in total. The third-order valence-corrected chi connectivity index (χ3v) is 3.19. The number of hydrazone groups is 1. The molecule has 2 rings (SSSR count). The Kier molecular flexibility index (Phi) is 3.67. The molecule has 0 amide bonds. The zero-order valence-corrected chi connectivity index (χ0v) is 11.3. The van der Waals surface area contributed by atoms with E-state index < -0.39 is 0 Å². The zero-order valence-electron chi connectivity index (χ0n) is 11.3. The van der Waals surface area contributed by atoms with Crippen LogP contribution in [0, 0.1) is 18.3 Å². The summed E-state index contributed by atoms with van der Waals surface area (Å²) in [5.41, 5.74) is 3.65. The molecular formula is C15H16N4. The van der Waals surface area contributed by atoms with E-state index in [1.807, 2.05) is 62.0 Å². The van der Waals surface area contributed by atoms with E-state index in [1.54, 1.807) is 11.2 Å². The molecule has 0 bridgehead atoms. The van der Waals surface area contributed by atoms with Crippen LogP contribution in [0.5, 0.6) is 0 Å². The first-order valence-corrected chi connectivity index (χ1v) is 6.02. The predicted octanol–water partition coefficient (Wildman–Crippen LogP) is 2.68. The van der Waals surface area contributed by atoms with E-state index in [0.717, 1.165) is 16.9 Å². The maximum Gasteiger partial charge on any atom is 0.120 e. The van der Waals surface area contributed by atoms with Crippen LogP contribution in [-0.4, -0.2) is 17.8 Å². The highest BCUT2D eigenvalue weighted by molar-refractivity contribution is 5.82. The van der Waals surface area contributed by atoms with Gasteiger partial charge in [0.15, 0.2) is 0 Å². The molecule has 0 N–H and O–H groups in total. The predicted molar refractivity (Wildman–Crippen MR) is 77.3 cm³/mol. The number of anilines is 1. The van der Waals surface area contributed by atoms with E-state index in [2.05, 4.69) is 11.2 Å². The molecule has 19 heavy (non-hydrogen) atoms. The lowest BCUT2D eigenvalue weighted by atomic mass is 10.3. The van der Waals surface area contributed by atoms with Crippen molar-refractivity contribution < 1.29 is 0 Å². The Hall–Kier alpha value is -2.54. The first kappa shape index (κ1) is 12.9. The van der Waals surface area contributed by atoms with Crippen molar-refractivity contribution in [1.29, 1.82) is 5.26 Å². The van der Waals surface area contributed by atoms with Crippen LogP contribution < -0.4 is 5.01 Å². The Morgan fingerprint density at radius 3 is 2.58 bits per heavy atom. The number of nitriles is 1.